The molecule has 1 heterocycles. The number of benzene rings is 1. The van der Waals surface area contributed by atoms with Gasteiger partial charge in [0.05, 0.1) is 0 Å². The molecule has 0 amide bonds. The molecule has 2 heteroatoms. The van der Waals surface area contributed by atoms with Crippen molar-refractivity contribution in [2.24, 2.45) is 0 Å². The first kappa shape index (κ1) is 6.98. The van der Waals surface area contributed by atoms with Crippen LogP contribution >= 0.6 is 0 Å². The van der Waals surface area contributed by atoms with Crippen LogP contribution in [0.1, 0.15) is 0 Å². The highest BCUT2D eigenvalue weighted by Gasteiger charge is 1.98. The summed E-state index contributed by atoms with van der Waals surface area (Å²) in [5, 5.41) is 9.03. The van der Waals surface area contributed by atoms with E-state index in [-0.39, 0.29) is 5.75 Å². The van der Waals surface area contributed by atoms with Crippen LogP contribution < -0.4 is 0 Å². The van der Waals surface area contributed by atoms with Gasteiger partial charge in [-0.25, -0.2) is 0 Å². The van der Waals surface area contributed by atoms with E-state index < -0.39 is 0 Å². The molecule has 2 aromatic rings. The molecule has 0 aliphatic rings. The molecule has 59 valence electrons. The highest BCUT2D eigenvalue weighted by molar-refractivity contribution is 5.60. The fourth-order valence-corrected chi connectivity index (χ4v) is 1.11. The average molecular weight is 158 g/mol. The summed E-state index contributed by atoms with van der Waals surface area (Å²) in [4.78, 5) is 2.85. The Morgan fingerprint density at radius 2 is 1.92 bits per heavy atom. The van der Waals surface area contributed by atoms with E-state index >= 15 is 0 Å². The Labute approximate surface area is 70.5 Å². The van der Waals surface area contributed by atoms with E-state index in [2.05, 4.69) is 11.2 Å². The minimum Gasteiger partial charge on any atom is -0.506 e. The summed E-state index contributed by atoms with van der Waals surface area (Å²) < 4.78 is 0. The molecule has 2 rings (SSSR count). The molecule has 1 aromatic heterocycles. The van der Waals surface area contributed by atoms with Gasteiger partial charge in [0.2, 0.25) is 0 Å². The molecule has 0 fully saturated rings. The number of H-pyrrole nitrogens is 1. The van der Waals surface area contributed by atoms with E-state index in [1.807, 2.05) is 30.3 Å². The standard InChI is InChI=1S/C10H8NO/c12-9-6-10(11-7-9)8-4-2-1-3-5-8/h1-6,11-12H. The molecular formula is C10H8NO. The molecule has 2 N–H and O–H groups in total. The van der Waals surface area contributed by atoms with Gasteiger partial charge in [0.1, 0.15) is 11.9 Å². The molecular weight excluding hydrogens is 150 g/mol. The highest BCUT2D eigenvalue weighted by atomic mass is 16.3. The predicted molar refractivity (Wildman–Crippen MR) is 46.7 cm³/mol. The van der Waals surface area contributed by atoms with Gasteiger partial charge in [0.25, 0.3) is 0 Å². The second kappa shape index (κ2) is 2.74. The Bertz CT molecular complexity index is 364. The molecule has 0 saturated heterocycles. The van der Waals surface area contributed by atoms with Crippen molar-refractivity contribution < 1.29 is 5.11 Å². The Morgan fingerprint density at radius 1 is 1.17 bits per heavy atom. The fraction of sp³-hybridized carbons (Fsp3) is 0. The maximum atomic E-state index is 9.03. The highest BCUT2D eigenvalue weighted by Crippen LogP contribution is 2.20. The predicted octanol–water partition coefficient (Wildman–Crippen LogP) is 2.19. The van der Waals surface area contributed by atoms with E-state index in [0.717, 1.165) is 11.3 Å². The number of hydrogen-bond donors (Lipinski definition) is 2. The van der Waals surface area contributed by atoms with Gasteiger partial charge in [-0.3, -0.25) is 0 Å². The lowest BCUT2D eigenvalue weighted by Crippen LogP contribution is -1.73. The maximum Gasteiger partial charge on any atom is 0.143 e. The van der Waals surface area contributed by atoms with Crippen LogP contribution in [0, 0.1) is 6.20 Å². The summed E-state index contributed by atoms with van der Waals surface area (Å²) >= 11 is 0. The van der Waals surface area contributed by atoms with Gasteiger partial charge in [-0.05, 0) is 5.56 Å². The summed E-state index contributed by atoms with van der Waals surface area (Å²) in [6.07, 6.45) is 2.60. The lowest BCUT2D eigenvalue weighted by atomic mass is 10.2. The summed E-state index contributed by atoms with van der Waals surface area (Å²) in [7, 11) is 0. The van der Waals surface area contributed by atoms with Gasteiger partial charge < -0.3 is 10.1 Å². The third kappa shape index (κ3) is 1.19. The number of rotatable bonds is 1. The summed E-state index contributed by atoms with van der Waals surface area (Å²) in [6, 6.07) is 11.4. The average Bonchev–Trinajstić information content (AvgIpc) is 2.54. The molecule has 0 saturated carbocycles. The van der Waals surface area contributed by atoms with Crippen molar-refractivity contribution in [1.29, 1.82) is 0 Å². The molecule has 1 radical (unpaired) electrons. The number of aromatic nitrogens is 1. The normalized spacial score (nSPS) is 10.0. The zero-order valence-electron chi connectivity index (χ0n) is 6.41. The lowest BCUT2D eigenvalue weighted by molar-refractivity contribution is 0.475. The minimum atomic E-state index is 0.147. The van der Waals surface area contributed by atoms with Crippen molar-refractivity contribution in [3.8, 4) is 17.0 Å². The van der Waals surface area contributed by atoms with E-state index in [1.165, 1.54) is 0 Å². The van der Waals surface area contributed by atoms with Crippen LogP contribution in [0.25, 0.3) is 11.3 Å². The first-order chi connectivity index (χ1) is 5.86. The number of aromatic hydroxyl groups is 1. The monoisotopic (exact) mass is 158 g/mol. The molecule has 12 heavy (non-hydrogen) atoms. The van der Waals surface area contributed by atoms with Crippen molar-refractivity contribution in [2.45, 2.75) is 0 Å². The zero-order valence-corrected chi connectivity index (χ0v) is 6.41. The van der Waals surface area contributed by atoms with E-state index in [4.69, 9.17) is 5.11 Å². The van der Waals surface area contributed by atoms with Crippen molar-refractivity contribution in [1.82, 2.24) is 4.98 Å². The quantitative estimate of drug-likeness (QED) is 0.655. The summed E-state index contributed by atoms with van der Waals surface area (Å²) in [5.74, 6) is 0.147. The molecule has 0 unspecified atom stereocenters. The molecule has 0 atom stereocenters. The van der Waals surface area contributed by atoms with E-state index in [0.29, 0.717) is 0 Å². The number of hydrogen-bond acceptors (Lipinski definition) is 1. The first-order valence-corrected chi connectivity index (χ1v) is 3.71. The van der Waals surface area contributed by atoms with Crippen LogP contribution in [0.3, 0.4) is 0 Å². The van der Waals surface area contributed by atoms with Crippen molar-refractivity contribution in [3.05, 3.63) is 42.6 Å². The maximum absolute atomic E-state index is 9.03. The summed E-state index contributed by atoms with van der Waals surface area (Å²) in [5.41, 5.74) is 1.93. The summed E-state index contributed by atoms with van der Waals surface area (Å²) in [6.45, 7) is 0. The van der Waals surface area contributed by atoms with Crippen LogP contribution in [0.4, 0.5) is 0 Å². The van der Waals surface area contributed by atoms with Gasteiger partial charge in [-0.15, -0.1) is 0 Å². The third-order valence-corrected chi connectivity index (χ3v) is 1.69. The van der Waals surface area contributed by atoms with Crippen molar-refractivity contribution in [3.63, 3.8) is 0 Å². The van der Waals surface area contributed by atoms with Crippen LogP contribution in [0.2, 0.25) is 0 Å². The van der Waals surface area contributed by atoms with Crippen molar-refractivity contribution in [2.75, 3.05) is 0 Å². The van der Waals surface area contributed by atoms with Crippen LogP contribution in [0.15, 0.2) is 36.4 Å². The minimum absolute atomic E-state index is 0.147. The fourth-order valence-electron chi connectivity index (χ4n) is 1.11. The second-order valence-corrected chi connectivity index (χ2v) is 2.56. The molecule has 0 spiro atoms. The lowest BCUT2D eigenvalue weighted by Gasteiger charge is -1.94. The molecule has 0 aliphatic heterocycles. The van der Waals surface area contributed by atoms with Crippen molar-refractivity contribution >= 4 is 0 Å². The third-order valence-electron chi connectivity index (χ3n) is 1.69. The van der Waals surface area contributed by atoms with Gasteiger partial charge in [0.15, 0.2) is 0 Å². The smallest absolute Gasteiger partial charge is 0.143 e. The molecule has 0 bridgehead atoms. The van der Waals surface area contributed by atoms with Gasteiger partial charge in [-0.2, -0.15) is 0 Å². The van der Waals surface area contributed by atoms with Gasteiger partial charge >= 0.3 is 0 Å². The molecule has 2 nitrogen and oxygen atoms in total. The zero-order chi connectivity index (χ0) is 8.39. The van der Waals surface area contributed by atoms with E-state index in [1.54, 1.807) is 6.07 Å². The van der Waals surface area contributed by atoms with Gasteiger partial charge in [-0.1, -0.05) is 30.3 Å². The Kier molecular flexibility index (Phi) is 1.59. The Hall–Kier alpha value is -1.70. The van der Waals surface area contributed by atoms with Gasteiger partial charge in [0, 0.05) is 11.8 Å². The van der Waals surface area contributed by atoms with Crippen LogP contribution in [-0.4, -0.2) is 10.1 Å². The number of aromatic amines is 1. The Morgan fingerprint density at radius 3 is 2.50 bits per heavy atom. The molecule has 0 aliphatic carbocycles. The van der Waals surface area contributed by atoms with E-state index in [9.17, 15) is 0 Å². The Balaban J connectivity index is 2.45. The molecule has 1 aromatic carbocycles. The SMILES string of the molecule is Oc1[c][nH]c(-c2ccccc2)c1. The van der Waals surface area contributed by atoms with Crippen LogP contribution in [-0.2, 0) is 0 Å². The topological polar surface area (TPSA) is 36.0 Å². The number of nitrogens with one attached hydrogen (secondary N) is 1. The van der Waals surface area contributed by atoms with Crippen LogP contribution in [0.5, 0.6) is 5.75 Å². The second-order valence-electron chi connectivity index (χ2n) is 2.56. The largest absolute Gasteiger partial charge is 0.506 e. The first-order valence-electron chi connectivity index (χ1n) is 3.71.